The van der Waals surface area contributed by atoms with Gasteiger partial charge in [0.15, 0.2) is 0 Å². The average molecular weight is 509 g/mol. The molecule has 3 rings (SSSR count). The van der Waals surface area contributed by atoms with Crippen LogP contribution in [0.3, 0.4) is 0 Å². The van der Waals surface area contributed by atoms with Gasteiger partial charge in [-0.1, -0.05) is 34.2 Å². The highest BCUT2D eigenvalue weighted by Crippen LogP contribution is 2.36. The van der Waals surface area contributed by atoms with E-state index in [0.717, 1.165) is 4.47 Å². The zero-order valence-electron chi connectivity index (χ0n) is 14.8. The second kappa shape index (κ2) is 8.42. The molecule has 0 aliphatic heterocycles. The quantitative estimate of drug-likeness (QED) is 0.348. The van der Waals surface area contributed by atoms with E-state index in [1.807, 2.05) is 0 Å². The Labute approximate surface area is 179 Å². The Morgan fingerprint density at radius 1 is 0.933 bits per heavy atom. The monoisotopic (exact) mass is 508 g/mol. The van der Waals surface area contributed by atoms with Gasteiger partial charge >= 0.3 is 12.4 Å². The molecule has 158 valence electrons. The molecular formula is C18H11BrF6N4S. The van der Waals surface area contributed by atoms with Gasteiger partial charge < -0.3 is 0 Å². The molecule has 4 nitrogen and oxygen atoms in total. The SMILES string of the molecule is FC(F)(F)c1cc(CC(=S)Cc2ccc(Br)cc2-c2nn[nH]n2)cc(C(F)(F)F)c1. The largest absolute Gasteiger partial charge is 0.416 e. The first kappa shape index (κ1) is 22.3. The number of aromatic nitrogens is 4. The minimum atomic E-state index is -4.91. The third-order valence-electron chi connectivity index (χ3n) is 4.09. The minimum Gasteiger partial charge on any atom is -0.177 e. The standard InChI is InChI=1S/C18H11BrF6N4S/c19-13-2-1-10(15(8-13)16-26-28-29-27-16)6-14(30)5-9-3-11(17(20,21)22)7-12(4-9)18(23,24)25/h1-4,7-8H,5-6H2,(H,26,27,28,29). The number of hydrogen-bond acceptors (Lipinski definition) is 4. The van der Waals surface area contributed by atoms with Crippen molar-refractivity contribution < 1.29 is 26.3 Å². The smallest absolute Gasteiger partial charge is 0.177 e. The highest BCUT2D eigenvalue weighted by atomic mass is 79.9. The van der Waals surface area contributed by atoms with Crippen LogP contribution in [0.25, 0.3) is 11.4 Å². The summed E-state index contributed by atoms with van der Waals surface area (Å²) in [5.74, 6) is 0.285. The number of nitrogens with zero attached hydrogens (tertiary/aromatic N) is 3. The number of hydrogen-bond donors (Lipinski definition) is 1. The van der Waals surface area contributed by atoms with Crippen LogP contribution in [0.4, 0.5) is 26.3 Å². The molecule has 2 aromatic carbocycles. The minimum absolute atomic E-state index is 0.0929. The molecule has 3 aromatic rings. The Balaban J connectivity index is 1.89. The molecule has 0 spiro atoms. The summed E-state index contributed by atoms with van der Waals surface area (Å²) in [4.78, 5) is 0.259. The number of benzene rings is 2. The Kier molecular flexibility index (Phi) is 6.27. The molecule has 0 unspecified atom stereocenters. The number of H-pyrrole nitrogens is 1. The lowest BCUT2D eigenvalue weighted by Crippen LogP contribution is -2.13. The fourth-order valence-electron chi connectivity index (χ4n) is 2.81. The second-order valence-corrected chi connectivity index (χ2v) is 7.84. The van der Waals surface area contributed by atoms with Crippen molar-refractivity contribution >= 4 is 33.0 Å². The predicted octanol–water partition coefficient (Wildman–Crippen LogP) is 5.82. The van der Waals surface area contributed by atoms with E-state index in [-0.39, 0.29) is 35.2 Å². The maximum Gasteiger partial charge on any atom is 0.416 e. The van der Waals surface area contributed by atoms with E-state index in [4.69, 9.17) is 12.2 Å². The van der Waals surface area contributed by atoms with Gasteiger partial charge in [-0.3, -0.25) is 0 Å². The van der Waals surface area contributed by atoms with Crippen LogP contribution in [0.15, 0.2) is 40.9 Å². The molecular weight excluding hydrogens is 498 g/mol. The summed E-state index contributed by atoms with van der Waals surface area (Å²) in [6.07, 6.45) is -9.92. The third kappa shape index (κ3) is 5.42. The molecule has 0 saturated carbocycles. The van der Waals surface area contributed by atoms with E-state index in [2.05, 4.69) is 36.6 Å². The number of rotatable bonds is 5. The normalized spacial score (nSPS) is 12.2. The van der Waals surface area contributed by atoms with E-state index in [1.165, 1.54) is 0 Å². The molecule has 1 heterocycles. The summed E-state index contributed by atoms with van der Waals surface area (Å²) in [6.45, 7) is 0. The van der Waals surface area contributed by atoms with Crippen LogP contribution in [0, 0.1) is 0 Å². The number of thiocarbonyl (C=S) groups is 1. The molecule has 30 heavy (non-hydrogen) atoms. The summed E-state index contributed by atoms with van der Waals surface area (Å²) in [6, 6.07) is 6.62. The summed E-state index contributed by atoms with van der Waals surface area (Å²) in [5, 5.41) is 13.6. The first-order chi connectivity index (χ1) is 13.9. The maximum atomic E-state index is 13.0. The number of halogens is 7. The zero-order chi connectivity index (χ0) is 22.1. The van der Waals surface area contributed by atoms with Gasteiger partial charge in [-0.15, -0.1) is 10.2 Å². The van der Waals surface area contributed by atoms with E-state index in [0.29, 0.717) is 23.3 Å². The summed E-state index contributed by atoms with van der Waals surface area (Å²) >= 11 is 8.60. The topological polar surface area (TPSA) is 54.5 Å². The van der Waals surface area contributed by atoms with Gasteiger partial charge in [0.05, 0.1) is 11.1 Å². The van der Waals surface area contributed by atoms with Crippen molar-refractivity contribution in [2.75, 3.05) is 0 Å². The maximum absolute atomic E-state index is 13.0. The molecule has 1 N–H and O–H groups in total. The molecule has 12 heteroatoms. The number of nitrogens with one attached hydrogen (secondary N) is 1. The van der Waals surface area contributed by atoms with Gasteiger partial charge in [-0.2, -0.15) is 31.6 Å². The van der Waals surface area contributed by atoms with E-state index in [9.17, 15) is 26.3 Å². The Bertz CT molecular complexity index is 1030. The molecule has 0 bridgehead atoms. The molecule has 1 aromatic heterocycles. The summed E-state index contributed by atoms with van der Waals surface area (Å²) in [5.41, 5.74) is -1.66. The molecule has 0 aliphatic carbocycles. The van der Waals surface area contributed by atoms with Crippen LogP contribution in [-0.2, 0) is 25.2 Å². The van der Waals surface area contributed by atoms with Gasteiger partial charge in [-0.25, -0.2) is 0 Å². The number of aromatic amines is 1. The van der Waals surface area contributed by atoms with Crippen molar-refractivity contribution in [2.24, 2.45) is 0 Å². The van der Waals surface area contributed by atoms with Crippen molar-refractivity contribution in [3.8, 4) is 11.4 Å². The van der Waals surface area contributed by atoms with Crippen molar-refractivity contribution in [3.63, 3.8) is 0 Å². The molecule has 0 saturated heterocycles. The fraction of sp³-hybridized carbons (Fsp3) is 0.222. The van der Waals surface area contributed by atoms with E-state index >= 15 is 0 Å². The van der Waals surface area contributed by atoms with Crippen molar-refractivity contribution in [1.82, 2.24) is 20.6 Å². The van der Waals surface area contributed by atoms with Gasteiger partial charge in [0.1, 0.15) is 0 Å². The summed E-state index contributed by atoms with van der Waals surface area (Å²) < 4.78 is 79.0. The van der Waals surface area contributed by atoms with Crippen LogP contribution >= 0.6 is 28.1 Å². The van der Waals surface area contributed by atoms with Crippen LogP contribution in [0.2, 0.25) is 0 Å². The lowest BCUT2D eigenvalue weighted by molar-refractivity contribution is -0.143. The molecule has 0 amide bonds. The Hall–Kier alpha value is -2.34. The average Bonchev–Trinajstić information content (AvgIpc) is 3.16. The molecule has 0 atom stereocenters. The lowest BCUT2D eigenvalue weighted by atomic mass is 9.97. The van der Waals surface area contributed by atoms with Gasteiger partial charge in [0.2, 0.25) is 5.82 Å². The van der Waals surface area contributed by atoms with Crippen LogP contribution < -0.4 is 0 Å². The fourth-order valence-corrected chi connectivity index (χ4v) is 3.49. The summed E-state index contributed by atoms with van der Waals surface area (Å²) in [7, 11) is 0. The number of alkyl halides is 6. The molecule has 0 aliphatic rings. The van der Waals surface area contributed by atoms with E-state index in [1.54, 1.807) is 18.2 Å². The predicted molar refractivity (Wildman–Crippen MR) is 104 cm³/mol. The third-order valence-corrected chi connectivity index (χ3v) is 4.88. The van der Waals surface area contributed by atoms with Crippen molar-refractivity contribution in [1.29, 1.82) is 0 Å². The van der Waals surface area contributed by atoms with Gasteiger partial charge in [0.25, 0.3) is 0 Å². The van der Waals surface area contributed by atoms with Crippen molar-refractivity contribution in [2.45, 2.75) is 25.2 Å². The Morgan fingerprint density at radius 3 is 2.10 bits per heavy atom. The van der Waals surface area contributed by atoms with Crippen LogP contribution in [0.1, 0.15) is 22.3 Å². The first-order valence-electron chi connectivity index (χ1n) is 8.26. The lowest BCUT2D eigenvalue weighted by Gasteiger charge is -2.15. The highest BCUT2D eigenvalue weighted by Gasteiger charge is 2.36. The molecule has 0 radical (unpaired) electrons. The van der Waals surface area contributed by atoms with Gasteiger partial charge in [0, 0.05) is 27.7 Å². The van der Waals surface area contributed by atoms with Crippen LogP contribution in [-0.4, -0.2) is 25.5 Å². The molecule has 0 fully saturated rings. The van der Waals surface area contributed by atoms with Gasteiger partial charge in [-0.05, 0) is 46.7 Å². The highest BCUT2D eigenvalue weighted by molar-refractivity contribution is 9.10. The second-order valence-electron chi connectivity index (χ2n) is 6.34. The zero-order valence-corrected chi connectivity index (χ0v) is 17.2. The number of tetrazole rings is 1. The first-order valence-corrected chi connectivity index (χ1v) is 9.46. The van der Waals surface area contributed by atoms with Crippen LogP contribution in [0.5, 0.6) is 0 Å². The van der Waals surface area contributed by atoms with Crippen molar-refractivity contribution in [3.05, 3.63) is 63.1 Å². The Morgan fingerprint density at radius 2 is 1.57 bits per heavy atom. The van der Waals surface area contributed by atoms with E-state index < -0.39 is 23.5 Å².